The normalized spacial score (nSPS) is 20.9. The van der Waals surface area contributed by atoms with Crippen LogP contribution in [0, 0.1) is 0 Å². The Balaban J connectivity index is 2.27. The summed E-state index contributed by atoms with van der Waals surface area (Å²) in [5.41, 5.74) is 6.67. The molecule has 1 aromatic carbocycles. The van der Waals surface area contributed by atoms with E-state index in [2.05, 4.69) is 29.2 Å². The van der Waals surface area contributed by atoms with Crippen molar-refractivity contribution in [1.29, 1.82) is 0 Å². The summed E-state index contributed by atoms with van der Waals surface area (Å²) in [6, 6.07) is 10.3. The Bertz CT molecular complexity index is 487. The number of alkyl halides is 1. The van der Waals surface area contributed by atoms with Crippen LogP contribution in [-0.2, 0) is 0 Å². The molecule has 1 fully saturated rings. The van der Waals surface area contributed by atoms with Crippen LogP contribution in [0.4, 0.5) is 4.39 Å². The van der Waals surface area contributed by atoms with Crippen LogP contribution in [-0.4, -0.2) is 30.2 Å². The molecule has 1 atom stereocenters. The molecule has 0 spiro atoms. The van der Waals surface area contributed by atoms with Crippen molar-refractivity contribution < 1.29 is 4.39 Å². The number of halogens is 1. The molecule has 1 aliphatic rings. The van der Waals surface area contributed by atoms with Gasteiger partial charge in [0.05, 0.1) is 6.04 Å². The molecule has 20 heavy (non-hydrogen) atoms. The number of benzene rings is 1. The maximum atomic E-state index is 14.1. The zero-order valence-corrected chi connectivity index (χ0v) is 12.2. The Hall–Kier alpha value is -1.45. The first-order valence-electron chi connectivity index (χ1n) is 7.10. The highest BCUT2D eigenvalue weighted by Gasteiger charge is 2.45. The summed E-state index contributed by atoms with van der Waals surface area (Å²) in [5.74, 6) is 0. The predicted octanol–water partition coefficient (Wildman–Crippen LogP) is 3.23. The van der Waals surface area contributed by atoms with E-state index in [1.54, 1.807) is 0 Å². The first-order chi connectivity index (χ1) is 9.63. The topological polar surface area (TPSA) is 29.3 Å². The van der Waals surface area contributed by atoms with E-state index in [0.29, 0.717) is 13.1 Å². The smallest absolute Gasteiger partial charge is 0.148 e. The van der Waals surface area contributed by atoms with Crippen LogP contribution in [0.15, 0.2) is 54.1 Å². The van der Waals surface area contributed by atoms with Crippen LogP contribution >= 0.6 is 0 Å². The maximum absolute atomic E-state index is 14.1. The monoisotopic (exact) mass is 274 g/mol. The summed E-state index contributed by atoms with van der Waals surface area (Å²) in [4.78, 5) is 2.15. The van der Waals surface area contributed by atoms with E-state index in [4.69, 9.17) is 5.73 Å². The lowest BCUT2D eigenvalue weighted by Gasteiger charge is -2.48. The van der Waals surface area contributed by atoms with Crippen molar-refractivity contribution in [2.24, 2.45) is 5.73 Å². The lowest BCUT2D eigenvalue weighted by molar-refractivity contribution is -0.0428. The van der Waals surface area contributed by atoms with Crippen molar-refractivity contribution in [1.82, 2.24) is 4.90 Å². The van der Waals surface area contributed by atoms with Gasteiger partial charge < -0.3 is 5.73 Å². The molecule has 1 heterocycles. The van der Waals surface area contributed by atoms with Gasteiger partial charge in [-0.1, -0.05) is 48.6 Å². The summed E-state index contributed by atoms with van der Waals surface area (Å²) in [5, 5.41) is 0. The Morgan fingerprint density at radius 3 is 2.50 bits per heavy atom. The Morgan fingerprint density at radius 2 is 2.00 bits per heavy atom. The number of nitrogens with zero attached hydrogens (tertiary/aromatic N) is 1. The third-order valence-electron chi connectivity index (χ3n) is 3.83. The Labute approximate surface area is 120 Å². The van der Waals surface area contributed by atoms with E-state index in [1.807, 2.05) is 38.1 Å². The molecule has 2 N–H and O–H groups in total. The summed E-state index contributed by atoms with van der Waals surface area (Å²) in [6.07, 6.45) is 6.22. The molecule has 0 aliphatic carbocycles. The van der Waals surface area contributed by atoms with Crippen LogP contribution in [0.3, 0.4) is 0 Å². The Kier molecular flexibility index (Phi) is 4.73. The highest BCUT2D eigenvalue weighted by Crippen LogP contribution is 2.37. The minimum atomic E-state index is -1.22. The maximum Gasteiger partial charge on any atom is 0.148 e. The average Bonchev–Trinajstić information content (AvgIpc) is 2.45. The van der Waals surface area contributed by atoms with Crippen molar-refractivity contribution in [3.63, 3.8) is 0 Å². The second-order valence-electron chi connectivity index (χ2n) is 5.36. The van der Waals surface area contributed by atoms with Gasteiger partial charge in [0.15, 0.2) is 0 Å². The molecule has 3 heteroatoms. The van der Waals surface area contributed by atoms with Gasteiger partial charge in [0.25, 0.3) is 0 Å². The van der Waals surface area contributed by atoms with Crippen LogP contribution in [0.2, 0.25) is 0 Å². The van der Waals surface area contributed by atoms with Crippen molar-refractivity contribution in [2.75, 3.05) is 19.6 Å². The van der Waals surface area contributed by atoms with Gasteiger partial charge >= 0.3 is 0 Å². The molecule has 0 aromatic heterocycles. The van der Waals surface area contributed by atoms with E-state index in [1.165, 1.54) is 11.1 Å². The molecule has 108 valence electrons. The van der Waals surface area contributed by atoms with Gasteiger partial charge in [-0.15, -0.1) is 0 Å². The lowest BCUT2D eigenvalue weighted by Crippen LogP contribution is -2.63. The second-order valence-corrected chi connectivity index (χ2v) is 5.36. The zero-order chi connectivity index (χ0) is 14.6. The van der Waals surface area contributed by atoms with Crippen molar-refractivity contribution >= 4 is 0 Å². The number of nitrogens with two attached hydrogens (primary N) is 1. The van der Waals surface area contributed by atoms with Gasteiger partial charge in [0.2, 0.25) is 0 Å². The predicted molar refractivity (Wildman–Crippen MR) is 82.2 cm³/mol. The molecule has 1 saturated heterocycles. The molecule has 1 aliphatic heterocycles. The molecule has 0 bridgehead atoms. The summed E-state index contributed by atoms with van der Waals surface area (Å²) >= 11 is 0. The van der Waals surface area contributed by atoms with Crippen molar-refractivity contribution in [2.45, 2.75) is 25.6 Å². The third-order valence-corrected chi connectivity index (χ3v) is 3.83. The SMILES string of the molecule is C/C=C\C(=C/C)C(c1ccccc1)N1CC(F)(CN)C1. The van der Waals surface area contributed by atoms with Crippen LogP contribution in [0.25, 0.3) is 0 Å². The molecule has 2 nitrogen and oxygen atoms in total. The van der Waals surface area contributed by atoms with Gasteiger partial charge in [0, 0.05) is 19.6 Å². The fraction of sp³-hybridized carbons (Fsp3) is 0.412. The lowest BCUT2D eigenvalue weighted by atomic mass is 9.88. The summed E-state index contributed by atoms with van der Waals surface area (Å²) in [7, 11) is 0. The van der Waals surface area contributed by atoms with E-state index >= 15 is 0 Å². The average molecular weight is 274 g/mol. The third kappa shape index (κ3) is 3.00. The molecule has 0 amide bonds. The first kappa shape index (κ1) is 14.9. The molecule has 1 aromatic rings. The van der Waals surface area contributed by atoms with Gasteiger partial charge in [-0.05, 0) is 25.0 Å². The van der Waals surface area contributed by atoms with Crippen LogP contribution in [0.5, 0.6) is 0 Å². The highest BCUT2D eigenvalue weighted by molar-refractivity contribution is 5.35. The van der Waals surface area contributed by atoms with E-state index < -0.39 is 5.67 Å². The molecule has 2 rings (SSSR count). The number of likely N-dealkylation sites (tertiary alicyclic amines) is 1. The van der Waals surface area contributed by atoms with Gasteiger partial charge in [-0.25, -0.2) is 4.39 Å². The number of hydrogen-bond donors (Lipinski definition) is 1. The van der Waals surface area contributed by atoms with Crippen LogP contribution < -0.4 is 5.73 Å². The number of allylic oxidation sites excluding steroid dienone is 2. The minimum Gasteiger partial charge on any atom is -0.327 e. The van der Waals surface area contributed by atoms with Crippen molar-refractivity contribution in [3.05, 3.63) is 59.7 Å². The fourth-order valence-electron chi connectivity index (χ4n) is 2.78. The number of hydrogen-bond acceptors (Lipinski definition) is 2. The van der Waals surface area contributed by atoms with E-state index in [0.717, 1.165) is 0 Å². The zero-order valence-electron chi connectivity index (χ0n) is 12.2. The second kappa shape index (κ2) is 6.33. The first-order valence-corrected chi connectivity index (χ1v) is 7.10. The Morgan fingerprint density at radius 1 is 1.35 bits per heavy atom. The summed E-state index contributed by atoms with van der Waals surface area (Å²) in [6.45, 7) is 4.92. The number of rotatable bonds is 5. The van der Waals surface area contributed by atoms with Gasteiger partial charge in [-0.2, -0.15) is 0 Å². The standard InChI is InChI=1S/C17H23FN2/c1-3-8-14(4-2)16(15-9-6-5-7-10-15)20-12-17(18,11-19)13-20/h3-10,16H,11-13,19H2,1-2H3/b8-3-,14-4+. The molecule has 1 unspecified atom stereocenters. The van der Waals surface area contributed by atoms with Gasteiger partial charge in [-0.3, -0.25) is 4.90 Å². The highest BCUT2D eigenvalue weighted by atomic mass is 19.1. The van der Waals surface area contributed by atoms with E-state index in [-0.39, 0.29) is 12.6 Å². The molecule has 0 saturated carbocycles. The largest absolute Gasteiger partial charge is 0.327 e. The fourth-order valence-corrected chi connectivity index (χ4v) is 2.78. The summed E-state index contributed by atoms with van der Waals surface area (Å²) < 4.78 is 14.1. The van der Waals surface area contributed by atoms with Crippen LogP contribution in [0.1, 0.15) is 25.5 Å². The van der Waals surface area contributed by atoms with E-state index in [9.17, 15) is 4.39 Å². The molecular weight excluding hydrogens is 251 g/mol. The quantitative estimate of drug-likeness (QED) is 0.835. The van der Waals surface area contributed by atoms with Gasteiger partial charge in [0.1, 0.15) is 5.67 Å². The van der Waals surface area contributed by atoms with Crippen molar-refractivity contribution in [3.8, 4) is 0 Å². The molecular formula is C17H23FN2. The molecule has 0 radical (unpaired) electrons. The minimum absolute atomic E-state index is 0.0970.